The van der Waals surface area contributed by atoms with Crippen molar-refractivity contribution in [3.8, 4) is 0 Å². The number of ether oxygens (including phenoxy) is 1. The maximum Gasteiger partial charge on any atom is 0.185 e. The number of nitrogens with one attached hydrogen (secondary N) is 1. The van der Waals surface area contributed by atoms with E-state index >= 15 is 0 Å². The highest BCUT2D eigenvalue weighted by Gasteiger charge is 2.23. The summed E-state index contributed by atoms with van der Waals surface area (Å²) in [5.74, 6) is 2.50. The molecular weight excluding hydrogens is 290 g/mol. The minimum absolute atomic E-state index is 0.604. The van der Waals surface area contributed by atoms with Gasteiger partial charge >= 0.3 is 0 Å². The van der Waals surface area contributed by atoms with Crippen LogP contribution in [0, 0.1) is 0 Å². The predicted molar refractivity (Wildman–Crippen MR) is 89.0 cm³/mol. The standard InChI is InChI=1S/C14H25N3OS2/c1-4-6-15-8-13-12(9-18-3)16-14(20-13)17(2)11-5-7-19-10-11/h11,15H,4-10H2,1-3H3. The quantitative estimate of drug-likeness (QED) is 0.747. The average Bonchev–Trinajstić information content (AvgIpc) is 3.09. The molecule has 0 amide bonds. The maximum absolute atomic E-state index is 5.29. The molecule has 0 saturated carbocycles. The Morgan fingerprint density at radius 3 is 3.00 bits per heavy atom. The van der Waals surface area contributed by atoms with Gasteiger partial charge in [-0.1, -0.05) is 6.92 Å². The van der Waals surface area contributed by atoms with Crippen LogP contribution in [0.2, 0.25) is 0 Å². The van der Waals surface area contributed by atoms with Crippen LogP contribution in [0.25, 0.3) is 0 Å². The molecule has 0 aromatic carbocycles. The molecule has 1 atom stereocenters. The number of hydrogen-bond acceptors (Lipinski definition) is 6. The molecule has 1 unspecified atom stereocenters. The Morgan fingerprint density at radius 1 is 1.50 bits per heavy atom. The monoisotopic (exact) mass is 315 g/mol. The Balaban J connectivity index is 2.06. The molecule has 1 fully saturated rings. The number of rotatable bonds is 8. The molecular formula is C14H25N3OS2. The summed E-state index contributed by atoms with van der Waals surface area (Å²) in [4.78, 5) is 8.46. The minimum atomic E-state index is 0.604. The van der Waals surface area contributed by atoms with E-state index in [1.165, 1.54) is 22.8 Å². The molecule has 2 heterocycles. The van der Waals surface area contributed by atoms with Crippen LogP contribution >= 0.6 is 23.1 Å². The fourth-order valence-corrected chi connectivity index (χ4v) is 4.60. The van der Waals surface area contributed by atoms with Crippen molar-refractivity contribution in [1.29, 1.82) is 0 Å². The lowest BCUT2D eigenvalue weighted by Gasteiger charge is -2.22. The molecule has 6 heteroatoms. The molecule has 1 aromatic heterocycles. The van der Waals surface area contributed by atoms with Gasteiger partial charge in [0.2, 0.25) is 0 Å². The third-order valence-corrected chi connectivity index (χ3v) is 5.85. The summed E-state index contributed by atoms with van der Waals surface area (Å²) in [6.45, 7) is 4.74. The summed E-state index contributed by atoms with van der Waals surface area (Å²) in [7, 11) is 3.91. The highest BCUT2D eigenvalue weighted by atomic mass is 32.2. The summed E-state index contributed by atoms with van der Waals surface area (Å²) < 4.78 is 5.29. The molecule has 114 valence electrons. The van der Waals surface area contributed by atoms with Crippen LogP contribution in [0.5, 0.6) is 0 Å². The second kappa shape index (κ2) is 8.22. The van der Waals surface area contributed by atoms with E-state index in [4.69, 9.17) is 9.72 Å². The second-order valence-electron chi connectivity index (χ2n) is 5.10. The van der Waals surface area contributed by atoms with Gasteiger partial charge in [-0.2, -0.15) is 11.8 Å². The second-order valence-corrected chi connectivity index (χ2v) is 7.32. The number of thioether (sulfide) groups is 1. The lowest BCUT2D eigenvalue weighted by molar-refractivity contribution is 0.181. The average molecular weight is 316 g/mol. The van der Waals surface area contributed by atoms with Crippen molar-refractivity contribution >= 4 is 28.2 Å². The zero-order valence-corrected chi connectivity index (χ0v) is 14.3. The van der Waals surface area contributed by atoms with Crippen LogP contribution in [-0.2, 0) is 17.9 Å². The lowest BCUT2D eigenvalue weighted by atomic mass is 10.2. The lowest BCUT2D eigenvalue weighted by Crippen LogP contribution is -2.31. The van der Waals surface area contributed by atoms with Gasteiger partial charge in [-0.3, -0.25) is 0 Å². The van der Waals surface area contributed by atoms with Gasteiger partial charge in [-0.25, -0.2) is 4.98 Å². The highest BCUT2D eigenvalue weighted by molar-refractivity contribution is 7.99. The normalized spacial score (nSPS) is 18.6. The molecule has 1 N–H and O–H groups in total. The smallest absolute Gasteiger partial charge is 0.185 e. The van der Waals surface area contributed by atoms with Crippen LogP contribution in [0.4, 0.5) is 5.13 Å². The molecule has 4 nitrogen and oxygen atoms in total. The first-order chi connectivity index (χ1) is 9.76. The Labute approximate surface area is 130 Å². The van der Waals surface area contributed by atoms with Crippen LogP contribution in [0.1, 0.15) is 30.3 Å². The van der Waals surface area contributed by atoms with E-state index < -0.39 is 0 Å². The van der Waals surface area contributed by atoms with Gasteiger partial charge in [0.15, 0.2) is 5.13 Å². The first-order valence-corrected chi connectivity index (χ1v) is 9.22. The van der Waals surface area contributed by atoms with E-state index in [0.29, 0.717) is 12.6 Å². The van der Waals surface area contributed by atoms with Crippen molar-refractivity contribution in [2.45, 2.75) is 39.0 Å². The SMILES string of the molecule is CCCNCc1sc(N(C)C2CCSC2)nc1COC. The van der Waals surface area contributed by atoms with Crippen LogP contribution in [0.15, 0.2) is 0 Å². The van der Waals surface area contributed by atoms with E-state index in [9.17, 15) is 0 Å². The molecule has 20 heavy (non-hydrogen) atoms. The summed E-state index contributed by atoms with van der Waals surface area (Å²) >= 11 is 3.85. The summed E-state index contributed by atoms with van der Waals surface area (Å²) in [5, 5.41) is 4.60. The van der Waals surface area contributed by atoms with E-state index in [0.717, 1.165) is 30.3 Å². The third-order valence-electron chi connectivity index (χ3n) is 3.52. The van der Waals surface area contributed by atoms with Crippen molar-refractivity contribution in [2.24, 2.45) is 0 Å². The van der Waals surface area contributed by atoms with Gasteiger partial charge in [0.1, 0.15) is 0 Å². The molecule has 1 aliphatic rings. The fraction of sp³-hybridized carbons (Fsp3) is 0.786. The van der Waals surface area contributed by atoms with Crippen molar-refractivity contribution < 1.29 is 4.74 Å². The van der Waals surface area contributed by atoms with E-state index in [1.54, 1.807) is 7.11 Å². The number of nitrogens with zero attached hydrogens (tertiary/aromatic N) is 2. The van der Waals surface area contributed by atoms with Crippen molar-refractivity contribution in [3.05, 3.63) is 10.6 Å². The number of hydrogen-bond donors (Lipinski definition) is 1. The molecule has 0 bridgehead atoms. The van der Waals surface area contributed by atoms with Gasteiger partial charge < -0.3 is 15.0 Å². The van der Waals surface area contributed by atoms with Crippen molar-refractivity contribution in [2.75, 3.05) is 37.1 Å². The van der Waals surface area contributed by atoms with Gasteiger partial charge in [-0.15, -0.1) is 11.3 Å². The molecule has 1 aliphatic heterocycles. The third kappa shape index (κ3) is 4.10. The van der Waals surface area contributed by atoms with Crippen LogP contribution in [0.3, 0.4) is 0 Å². The molecule has 2 rings (SSSR count). The van der Waals surface area contributed by atoms with Gasteiger partial charge in [0, 0.05) is 37.4 Å². The summed E-state index contributed by atoms with van der Waals surface area (Å²) in [6.07, 6.45) is 2.42. The summed E-state index contributed by atoms with van der Waals surface area (Å²) in [5.41, 5.74) is 1.09. The number of anilines is 1. The molecule has 1 saturated heterocycles. The first kappa shape index (κ1) is 16.1. The van der Waals surface area contributed by atoms with Crippen LogP contribution in [-0.4, -0.2) is 43.2 Å². The first-order valence-electron chi connectivity index (χ1n) is 7.25. The molecule has 1 aromatic rings. The van der Waals surface area contributed by atoms with Crippen molar-refractivity contribution in [3.63, 3.8) is 0 Å². The summed E-state index contributed by atoms with van der Waals surface area (Å²) in [6, 6.07) is 0.637. The van der Waals surface area contributed by atoms with E-state index in [2.05, 4.69) is 24.2 Å². The largest absolute Gasteiger partial charge is 0.378 e. The van der Waals surface area contributed by atoms with Gasteiger partial charge in [0.25, 0.3) is 0 Å². The number of methoxy groups -OCH3 is 1. The molecule has 0 radical (unpaired) electrons. The van der Waals surface area contributed by atoms with E-state index in [-0.39, 0.29) is 0 Å². The minimum Gasteiger partial charge on any atom is -0.378 e. The Bertz CT molecular complexity index is 405. The van der Waals surface area contributed by atoms with Crippen LogP contribution < -0.4 is 10.2 Å². The number of thiazole rings is 1. The number of aromatic nitrogens is 1. The Kier molecular flexibility index (Phi) is 6.61. The molecule has 0 spiro atoms. The zero-order chi connectivity index (χ0) is 14.4. The zero-order valence-electron chi connectivity index (χ0n) is 12.6. The highest BCUT2D eigenvalue weighted by Crippen LogP contribution is 2.31. The topological polar surface area (TPSA) is 37.4 Å². The van der Waals surface area contributed by atoms with Gasteiger partial charge in [-0.05, 0) is 25.1 Å². The molecule has 0 aliphatic carbocycles. The Hall–Kier alpha value is -0.300. The predicted octanol–water partition coefficient (Wildman–Crippen LogP) is 2.73. The Morgan fingerprint density at radius 2 is 2.35 bits per heavy atom. The van der Waals surface area contributed by atoms with Gasteiger partial charge in [0.05, 0.1) is 12.3 Å². The maximum atomic E-state index is 5.29. The van der Waals surface area contributed by atoms with E-state index in [1.807, 2.05) is 23.1 Å². The fourth-order valence-electron chi connectivity index (χ4n) is 2.27. The van der Waals surface area contributed by atoms with Crippen molar-refractivity contribution in [1.82, 2.24) is 10.3 Å².